The fourth-order valence-corrected chi connectivity index (χ4v) is 1.31. The number of aromatic nitrogens is 2. The molecule has 0 amide bonds. The molecule has 2 aromatic rings. The maximum absolute atomic E-state index is 12.2. The largest absolute Gasteiger partial charge is 0.432 e. The van der Waals surface area contributed by atoms with Gasteiger partial charge in [-0.25, -0.2) is 0 Å². The molecule has 0 spiro atoms. The van der Waals surface area contributed by atoms with E-state index in [1.165, 1.54) is 18.2 Å². The second kappa shape index (κ2) is 5.29. The van der Waals surface area contributed by atoms with Crippen LogP contribution in [0.5, 0.6) is 5.75 Å². The van der Waals surface area contributed by atoms with Crippen LogP contribution in [0.15, 0.2) is 34.5 Å². The number of halogens is 2. The number of alkyl halides is 2. The van der Waals surface area contributed by atoms with Crippen molar-refractivity contribution in [3.8, 4) is 5.75 Å². The first-order valence-corrected chi connectivity index (χ1v) is 5.13. The van der Waals surface area contributed by atoms with Gasteiger partial charge in [-0.3, -0.25) is 5.10 Å². The number of para-hydroxylation sites is 1. The van der Waals surface area contributed by atoms with Gasteiger partial charge in [-0.1, -0.05) is 12.1 Å². The van der Waals surface area contributed by atoms with Crippen LogP contribution in [-0.2, 0) is 0 Å². The number of nitrogens with zero attached hydrogens (tertiary/aromatic N) is 3. The third-order valence-corrected chi connectivity index (χ3v) is 2.13. The Balaban J connectivity index is 2.28. The minimum Gasteiger partial charge on any atom is -0.432 e. The molecule has 1 heterocycles. The van der Waals surface area contributed by atoms with Crippen LogP contribution in [0.1, 0.15) is 0 Å². The molecule has 0 unspecified atom stereocenters. The Bertz CT molecular complexity index is 578. The number of nitrogens with one attached hydrogen (secondary N) is 1. The first-order chi connectivity index (χ1) is 9.08. The molecule has 7 nitrogen and oxygen atoms in total. The van der Waals surface area contributed by atoms with E-state index in [0.29, 0.717) is 0 Å². The van der Waals surface area contributed by atoms with Crippen molar-refractivity contribution < 1.29 is 13.5 Å². The van der Waals surface area contributed by atoms with Crippen LogP contribution < -0.4 is 16.2 Å². The summed E-state index contributed by atoms with van der Waals surface area (Å²) in [5.41, 5.74) is 11.3. The summed E-state index contributed by atoms with van der Waals surface area (Å²) >= 11 is 0. The van der Waals surface area contributed by atoms with Crippen molar-refractivity contribution in [1.82, 2.24) is 10.2 Å². The summed E-state index contributed by atoms with van der Waals surface area (Å²) in [6, 6.07) is 5.96. The molecule has 9 heteroatoms. The van der Waals surface area contributed by atoms with E-state index in [0.717, 1.165) is 0 Å². The normalized spacial score (nSPS) is 11.3. The average molecular weight is 268 g/mol. The lowest BCUT2D eigenvalue weighted by molar-refractivity contribution is -0.0494. The number of azo groups is 1. The molecule has 0 radical (unpaired) electrons. The van der Waals surface area contributed by atoms with Crippen LogP contribution in [0.4, 0.5) is 31.8 Å². The summed E-state index contributed by atoms with van der Waals surface area (Å²) < 4.78 is 28.7. The number of ether oxygens (including phenoxy) is 1. The van der Waals surface area contributed by atoms with Gasteiger partial charge in [0.2, 0.25) is 0 Å². The molecule has 2 rings (SSSR count). The van der Waals surface area contributed by atoms with Gasteiger partial charge < -0.3 is 16.2 Å². The summed E-state index contributed by atoms with van der Waals surface area (Å²) in [6.45, 7) is -2.94. The molecule has 0 aliphatic rings. The van der Waals surface area contributed by atoms with Gasteiger partial charge in [0.1, 0.15) is 11.5 Å². The second-order valence-electron chi connectivity index (χ2n) is 3.42. The van der Waals surface area contributed by atoms with Gasteiger partial charge in [0.05, 0.1) is 0 Å². The minimum absolute atomic E-state index is 0.0634. The third kappa shape index (κ3) is 2.94. The van der Waals surface area contributed by atoms with Crippen molar-refractivity contribution in [1.29, 1.82) is 0 Å². The molecule has 100 valence electrons. The zero-order valence-electron chi connectivity index (χ0n) is 9.55. The van der Waals surface area contributed by atoms with E-state index in [2.05, 4.69) is 25.2 Å². The smallest absolute Gasteiger partial charge is 0.387 e. The van der Waals surface area contributed by atoms with Crippen molar-refractivity contribution in [2.45, 2.75) is 6.61 Å². The van der Waals surface area contributed by atoms with Crippen LogP contribution in [0.3, 0.4) is 0 Å². The Morgan fingerprint density at radius 3 is 2.58 bits per heavy atom. The quantitative estimate of drug-likeness (QED) is 0.739. The highest BCUT2D eigenvalue weighted by atomic mass is 19.3. The third-order valence-electron chi connectivity index (χ3n) is 2.13. The van der Waals surface area contributed by atoms with Crippen LogP contribution in [0, 0.1) is 0 Å². The lowest BCUT2D eigenvalue weighted by Crippen LogP contribution is -2.01. The molecule has 0 atom stereocenters. The highest BCUT2D eigenvalue weighted by Crippen LogP contribution is 2.32. The number of benzene rings is 1. The molecule has 0 bridgehead atoms. The fraction of sp³-hybridized carbons (Fsp3) is 0.100. The molecule has 0 fully saturated rings. The van der Waals surface area contributed by atoms with Gasteiger partial charge in [-0.15, -0.1) is 10.2 Å². The standard InChI is InChI=1S/C10H10F2N6O/c11-10(12)19-6-4-2-1-3-5(6)15-16-7-8(13)17-18-9(7)14/h1-4,10H,(H5,13,14,17,18). The highest BCUT2D eigenvalue weighted by Gasteiger charge is 2.10. The summed E-state index contributed by atoms with van der Waals surface area (Å²) in [5.74, 6) is 0.101. The minimum atomic E-state index is -2.94. The van der Waals surface area contributed by atoms with Gasteiger partial charge in [0.25, 0.3) is 0 Å². The van der Waals surface area contributed by atoms with Crippen LogP contribution >= 0.6 is 0 Å². The molecular weight excluding hydrogens is 258 g/mol. The molecule has 5 N–H and O–H groups in total. The SMILES string of the molecule is Nc1n[nH]c(N)c1N=Nc1ccccc1OC(F)F. The first kappa shape index (κ1) is 12.7. The lowest BCUT2D eigenvalue weighted by atomic mass is 10.3. The van der Waals surface area contributed by atoms with Crippen molar-refractivity contribution >= 4 is 23.0 Å². The van der Waals surface area contributed by atoms with E-state index in [1.807, 2.05) is 0 Å². The van der Waals surface area contributed by atoms with E-state index < -0.39 is 6.61 Å². The Kier molecular flexibility index (Phi) is 3.55. The maximum atomic E-state index is 12.2. The van der Waals surface area contributed by atoms with Crippen LogP contribution in [0.2, 0.25) is 0 Å². The lowest BCUT2D eigenvalue weighted by Gasteiger charge is -2.05. The Labute approximate surface area is 106 Å². The van der Waals surface area contributed by atoms with E-state index in [9.17, 15) is 8.78 Å². The van der Waals surface area contributed by atoms with E-state index in [-0.39, 0.29) is 28.8 Å². The molecule has 0 aliphatic carbocycles. The molecule has 1 aromatic heterocycles. The monoisotopic (exact) mass is 268 g/mol. The number of aromatic amines is 1. The average Bonchev–Trinajstić information content (AvgIpc) is 2.68. The van der Waals surface area contributed by atoms with Crippen molar-refractivity contribution in [2.75, 3.05) is 11.5 Å². The van der Waals surface area contributed by atoms with E-state index in [1.54, 1.807) is 6.07 Å². The number of hydrogen-bond acceptors (Lipinski definition) is 6. The van der Waals surface area contributed by atoms with Gasteiger partial charge >= 0.3 is 6.61 Å². The number of nitrogens with two attached hydrogens (primary N) is 2. The molecule has 0 saturated carbocycles. The fourth-order valence-electron chi connectivity index (χ4n) is 1.31. The van der Waals surface area contributed by atoms with Crippen LogP contribution in [-0.4, -0.2) is 16.8 Å². The molecule has 1 aromatic carbocycles. The molecular formula is C10H10F2N6O. The van der Waals surface area contributed by atoms with Gasteiger partial charge in [-0.05, 0) is 12.1 Å². The molecule has 19 heavy (non-hydrogen) atoms. The highest BCUT2D eigenvalue weighted by molar-refractivity contribution is 5.70. The number of rotatable bonds is 4. The maximum Gasteiger partial charge on any atom is 0.387 e. The Morgan fingerprint density at radius 1 is 1.21 bits per heavy atom. The number of anilines is 2. The predicted molar refractivity (Wildman–Crippen MR) is 64.7 cm³/mol. The summed E-state index contributed by atoms with van der Waals surface area (Å²) in [6.07, 6.45) is 0. The van der Waals surface area contributed by atoms with E-state index >= 15 is 0 Å². The first-order valence-electron chi connectivity index (χ1n) is 5.13. The van der Waals surface area contributed by atoms with E-state index in [4.69, 9.17) is 11.5 Å². The van der Waals surface area contributed by atoms with Crippen molar-refractivity contribution in [3.05, 3.63) is 24.3 Å². The Morgan fingerprint density at radius 2 is 1.95 bits per heavy atom. The zero-order valence-corrected chi connectivity index (χ0v) is 9.55. The van der Waals surface area contributed by atoms with Gasteiger partial charge in [-0.2, -0.15) is 13.9 Å². The van der Waals surface area contributed by atoms with Gasteiger partial charge in [0.15, 0.2) is 17.3 Å². The topological polar surface area (TPSA) is 115 Å². The predicted octanol–water partition coefficient (Wildman–Crippen LogP) is 2.59. The van der Waals surface area contributed by atoms with Gasteiger partial charge in [0, 0.05) is 0 Å². The summed E-state index contributed by atoms with van der Waals surface area (Å²) in [4.78, 5) is 0. The van der Waals surface area contributed by atoms with Crippen LogP contribution in [0.25, 0.3) is 0 Å². The number of hydrogen-bond donors (Lipinski definition) is 3. The second-order valence-corrected chi connectivity index (χ2v) is 3.42. The molecule has 0 aliphatic heterocycles. The zero-order chi connectivity index (χ0) is 13.8. The van der Waals surface area contributed by atoms with Crippen molar-refractivity contribution in [2.24, 2.45) is 10.2 Å². The Hall–Kier alpha value is -2.71. The number of H-pyrrole nitrogens is 1. The van der Waals surface area contributed by atoms with Crippen molar-refractivity contribution in [3.63, 3.8) is 0 Å². The number of nitrogen functional groups attached to an aromatic ring is 2. The summed E-state index contributed by atoms with van der Waals surface area (Å²) in [7, 11) is 0. The summed E-state index contributed by atoms with van der Waals surface area (Å²) in [5, 5.41) is 13.6. The molecule has 0 saturated heterocycles.